The van der Waals surface area contributed by atoms with Gasteiger partial charge in [-0.2, -0.15) is 0 Å². The summed E-state index contributed by atoms with van der Waals surface area (Å²) >= 11 is 0. The Morgan fingerprint density at radius 3 is 2.62 bits per heavy atom. The van der Waals surface area contributed by atoms with Crippen molar-refractivity contribution in [2.45, 2.75) is 19.8 Å². The van der Waals surface area contributed by atoms with Gasteiger partial charge in [-0.3, -0.25) is 4.79 Å². The standard InChI is InChI=1S/C11H15NO/c1-3-5-6-10(4-2)7-8-11(13)9-12/h3-6,9,12H,1,7-8H2,2H3/b6-5-,10-4+,12-9?. The Labute approximate surface area is 79.2 Å². The minimum atomic E-state index is -0.133. The number of ketones is 1. The first kappa shape index (κ1) is 11.6. The lowest BCUT2D eigenvalue weighted by Crippen LogP contribution is -1.97. The van der Waals surface area contributed by atoms with Gasteiger partial charge in [-0.1, -0.05) is 36.5 Å². The molecule has 0 aliphatic carbocycles. The summed E-state index contributed by atoms with van der Waals surface area (Å²) in [5.74, 6) is -0.133. The molecule has 0 bridgehead atoms. The molecule has 0 unspecified atom stereocenters. The fourth-order valence-corrected chi connectivity index (χ4v) is 0.855. The molecule has 2 nitrogen and oxygen atoms in total. The molecule has 0 aliphatic rings. The smallest absolute Gasteiger partial charge is 0.173 e. The second-order valence-corrected chi connectivity index (χ2v) is 2.57. The molecule has 0 aromatic carbocycles. The number of nitrogens with one attached hydrogen (secondary N) is 1. The third-order valence-electron chi connectivity index (χ3n) is 1.64. The highest BCUT2D eigenvalue weighted by Crippen LogP contribution is 2.06. The van der Waals surface area contributed by atoms with Crippen LogP contribution in [-0.4, -0.2) is 12.0 Å². The Morgan fingerprint density at radius 1 is 1.46 bits per heavy atom. The van der Waals surface area contributed by atoms with Gasteiger partial charge in [0.15, 0.2) is 5.78 Å². The number of Topliss-reactive ketones (excluding diaryl/α,β-unsaturated/α-hetero) is 1. The van der Waals surface area contributed by atoms with Crippen molar-refractivity contribution in [1.82, 2.24) is 0 Å². The molecule has 0 aromatic rings. The van der Waals surface area contributed by atoms with Crippen LogP contribution >= 0.6 is 0 Å². The summed E-state index contributed by atoms with van der Waals surface area (Å²) < 4.78 is 0. The number of hydrogen-bond acceptors (Lipinski definition) is 2. The first-order valence-corrected chi connectivity index (χ1v) is 4.22. The van der Waals surface area contributed by atoms with Gasteiger partial charge in [-0.05, 0) is 13.3 Å². The summed E-state index contributed by atoms with van der Waals surface area (Å²) in [5, 5.41) is 6.72. The highest BCUT2D eigenvalue weighted by atomic mass is 16.1. The minimum Gasteiger partial charge on any atom is -0.305 e. The van der Waals surface area contributed by atoms with E-state index in [1.807, 2.05) is 25.2 Å². The Kier molecular flexibility index (Phi) is 6.42. The van der Waals surface area contributed by atoms with Crippen LogP contribution < -0.4 is 0 Å². The van der Waals surface area contributed by atoms with Gasteiger partial charge in [0, 0.05) is 6.42 Å². The van der Waals surface area contributed by atoms with Crippen LogP contribution in [0.1, 0.15) is 19.8 Å². The molecule has 0 radical (unpaired) electrons. The first-order valence-electron chi connectivity index (χ1n) is 4.22. The van der Waals surface area contributed by atoms with Gasteiger partial charge >= 0.3 is 0 Å². The van der Waals surface area contributed by atoms with E-state index in [9.17, 15) is 4.79 Å². The molecule has 0 spiro atoms. The molecule has 13 heavy (non-hydrogen) atoms. The SMILES string of the molecule is C=C/C=C\C(=C/C)CCC(=O)C=N. The molecule has 0 aromatic heterocycles. The minimum absolute atomic E-state index is 0.133. The van der Waals surface area contributed by atoms with E-state index in [2.05, 4.69) is 6.58 Å². The fourth-order valence-electron chi connectivity index (χ4n) is 0.855. The summed E-state index contributed by atoms with van der Waals surface area (Å²) in [6.07, 6.45) is 9.37. The quantitative estimate of drug-likeness (QED) is 0.492. The summed E-state index contributed by atoms with van der Waals surface area (Å²) in [6, 6.07) is 0. The van der Waals surface area contributed by atoms with Gasteiger partial charge in [-0.15, -0.1) is 0 Å². The van der Waals surface area contributed by atoms with Crippen molar-refractivity contribution in [3.05, 3.63) is 36.5 Å². The molecule has 0 amide bonds. The molecular formula is C11H15NO. The van der Waals surface area contributed by atoms with E-state index in [0.717, 1.165) is 11.8 Å². The highest BCUT2D eigenvalue weighted by Gasteiger charge is 1.97. The average Bonchev–Trinajstić information content (AvgIpc) is 2.17. The van der Waals surface area contributed by atoms with Crippen molar-refractivity contribution in [3.8, 4) is 0 Å². The number of carbonyl (C=O) groups excluding carboxylic acids is 1. The Morgan fingerprint density at radius 2 is 2.15 bits per heavy atom. The molecule has 0 saturated carbocycles. The molecule has 0 heterocycles. The second-order valence-electron chi connectivity index (χ2n) is 2.57. The monoisotopic (exact) mass is 177 g/mol. The fraction of sp³-hybridized carbons (Fsp3) is 0.273. The van der Waals surface area contributed by atoms with Crippen LogP contribution in [0.25, 0.3) is 0 Å². The van der Waals surface area contributed by atoms with Gasteiger partial charge < -0.3 is 5.41 Å². The molecule has 0 rings (SSSR count). The topological polar surface area (TPSA) is 40.9 Å². The highest BCUT2D eigenvalue weighted by molar-refractivity contribution is 6.26. The van der Waals surface area contributed by atoms with Gasteiger partial charge in [0.2, 0.25) is 0 Å². The normalized spacial score (nSPS) is 11.6. The van der Waals surface area contributed by atoms with Crippen LogP contribution in [0.5, 0.6) is 0 Å². The lowest BCUT2D eigenvalue weighted by Gasteiger charge is -1.97. The lowest BCUT2D eigenvalue weighted by molar-refractivity contribution is -0.112. The zero-order chi connectivity index (χ0) is 10.1. The molecule has 2 heteroatoms. The molecule has 0 aliphatic heterocycles. The van der Waals surface area contributed by atoms with Crippen LogP contribution in [0.2, 0.25) is 0 Å². The van der Waals surface area contributed by atoms with Crippen molar-refractivity contribution in [3.63, 3.8) is 0 Å². The Hall–Kier alpha value is -1.44. The second kappa shape index (κ2) is 7.22. The molecule has 0 fully saturated rings. The Bertz CT molecular complexity index is 249. The molecular weight excluding hydrogens is 162 g/mol. The van der Waals surface area contributed by atoms with E-state index in [1.54, 1.807) is 6.08 Å². The Balaban J connectivity index is 4.00. The maximum Gasteiger partial charge on any atom is 0.173 e. The number of rotatable bonds is 6. The number of carbonyl (C=O) groups is 1. The van der Waals surface area contributed by atoms with Gasteiger partial charge in [0.25, 0.3) is 0 Å². The van der Waals surface area contributed by atoms with E-state index in [-0.39, 0.29) is 5.78 Å². The van der Waals surface area contributed by atoms with E-state index in [0.29, 0.717) is 12.8 Å². The van der Waals surface area contributed by atoms with Gasteiger partial charge in [0.1, 0.15) is 0 Å². The van der Waals surface area contributed by atoms with Crippen molar-refractivity contribution in [2.75, 3.05) is 0 Å². The largest absolute Gasteiger partial charge is 0.305 e. The summed E-state index contributed by atoms with van der Waals surface area (Å²) in [5.41, 5.74) is 1.09. The van der Waals surface area contributed by atoms with Gasteiger partial charge in [-0.25, -0.2) is 0 Å². The predicted molar refractivity (Wildman–Crippen MR) is 56.1 cm³/mol. The average molecular weight is 177 g/mol. The van der Waals surface area contributed by atoms with Gasteiger partial charge in [0.05, 0.1) is 6.21 Å². The van der Waals surface area contributed by atoms with Crippen LogP contribution in [0.15, 0.2) is 36.5 Å². The predicted octanol–water partition coefficient (Wildman–Crippen LogP) is 2.67. The maximum atomic E-state index is 10.8. The number of allylic oxidation sites excluding steroid dienone is 5. The summed E-state index contributed by atoms with van der Waals surface area (Å²) in [7, 11) is 0. The van der Waals surface area contributed by atoms with Crippen molar-refractivity contribution in [2.24, 2.45) is 0 Å². The van der Waals surface area contributed by atoms with E-state index >= 15 is 0 Å². The van der Waals surface area contributed by atoms with Crippen molar-refractivity contribution < 1.29 is 4.79 Å². The van der Waals surface area contributed by atoms with E-state index in [1.165, 1.54) is 0 Å². The van der Waals surface area contributed by atoms with Crippen LogP contribution in [-0.2, 0) is 4.79 Å². The van der Waals surface area contributed by atoms with E-state index in [4.69, 9.17) is 5.41 Å². The zero-order valence-electron chi connectivity index (χ0n) is 7.92. The molecule has 1 N–H and O–H groups in total. The van der Waals surface area contributed by atoms with Crippen LogP contribution in [0, 0.1) is 5.41 Å². The molecule has 0 saturated heterocycles. The van der Waals surface area contributed by atoms with Crippen molar-refractivity contribution in [1.29, 1.82) is 5.41 Å². The maximum absolute atomic E-state index is 10.8. The summed E-state index contributed by atoms with van der Waals surface area (Å²) in [6.45, 7) is 5.49. The third kappa shape index (κ3) is 5.79. The number of hydrogen-bond donors (Lipinski definition) is 1. The van der Waals surface area contributed by atoms with Crippen LogP contribution in [0.3, 0.4) is 0 Å². The van der Waals surface area contributed by atoms with Crippen LogP contribution in [0.4, 0.5) is 0 Å². The zero-order valence-corrected chi connectivity index (χ0v) is 7.92. The summed E-state index contributed by atoms with van der Waals surface area (Å²) in [4.78, 5) is 10.8. The molecule has 70 valence electrons. The first-order chi connectivity index (χ1) is 6.24. The third-order valence-corrected chi connectivity index (χ3v) is 1.64. The van der Waals surface area contributed by atoms with Crippen molar-refractivity contribution >= 4 is 12.0 Å². The lowest BCUT2D eigenvalue weighted by atomic mass is 10.1. The molecule has 0 atom stereocenters. The van der Waals surface area contributed by atoms with E-state index < -0.39 is 0 Å².